The second-order valence-corrected chi connectivity index (χ2v) is 15.0. The number of rotatable bonds is 8. The minimum Gasteiger partial charge on any atom is -0.396 e. The largest absolute Gasteiger partial charge is 0.396 e. The summed E-state index contributed by atoms with van der Waals surface area (Å²) in [7, 11) is 0. The molecule has 1 aliphatic heterocycles. The van der Waals surface area contributed by atoms with Gasteiger partial charge in [0.1, 0.15) is 18.3 Å². The zero-order valence-corrected chi connectivity index (χ0v) is 25.5. The molecule has 1 heterocycles. The summed E-state index contributed by atoms with van der Waals surface area (Å²) >= 11 is 0. The molecule has 5 aliphatic rings. The Morgan fingerprint density at radius 3 is 2.36 bits per heavy atom. The molecule has 5 rings (SSSR count). The first-order chi connectivity index (χ1) is 19.7. The molecule has 8 N–H and O–H groups in total. The first-order valence-electron chi connectivity index (χ1n) is 16.1. The summed E-state index contributed by atoms with van der Waals surface area (Å²) in [6.07, 6.45) is -1.38. The molecule has 0 unspecified atom stereocenters. The van der Waals surface area contributed by atoms with Crippen molar-refractivity contribution in [2.75, 3.05) is 13.2 Å². The lowest BCUT2D eigenvalue weighted by molar-refractivity contribution is -0.280. The van der Waals surface area contributed by atoms with Crippen LogP contribution in [0.2, 0.25) is 0 Å². The van der Waals surface area contributed by atoms with Gasteiger partial charge >= 0.3 is 0 Å². The van der Waals surface area contributed by atoms with Crippen molar-refractivity contribution in [1.82, 2.24) is 0 Å². The molecule has 42 heavy (non-hydrogen) atoms. The van der Waals surface area contributed by atoms with Crippen molar-refractivity contribution in [2.24, 2.45) is 40.4 Å². The molecule has 0 amide bonds. The number of aliphatic hydroxyl groups is 8. The monoisotopic (exact) mass is 598 g/mol. The first kappa shape index (κ1) is 32.7. The molecule has 1 saturated heterocycles. The maximum atomic E-state index is 12.6. The smallest absolute Gasteiger partial charge is 0.186 e. The van der Waals surface area contributed by atoms with E-state index < -0.39 is 71.4 Å². The molecular formula is C32H54O10. The molecule has 16 atom stereocenters. The highest BCUT2D eigenvalue weighted by Gasteiger charge is 2.72. The maximum Gasteiger partial charge on any atom is 0.186 e. The van der Waals surface area contributed by atoms with Crippen LogP contribution in [0, 0.1) is 40.4 Å². The van der Waals surface area contributed by atoms with Gasteiger partial charge in [-0.25, -0.2) is 0 Å². The summed E-state index contributed by atoms with van der Waals surface area (Å²) in [4.78, 5) is 0. The average Bonchev–Trinajstić information content (AvgIpc) is 3.14. The third-order valence-electron chi connectivity index (χ3n) is 12.3. The van der Waals surface area contributed by atoms with E-state index in [-0.39, 0.29) is 43.3 Å². The van der Waals surface area contributed by atoms with Crippen LogP contribution in [0.4, 0.5) is 0 Å². The van der Waals surface area contributed by atoms with Gasteiger partial charge in [0, 0.05) is 18.9 Å². The highest BCUT2D eigenvalue weighted by Crippen LogP contribution is 2.69. The van der Waals surface area contributed by atoms with E-state index in [9.17, 15) is 40.9 Å². The Labute approximate surface area is 249 Å². The Hall–Kier alpha value is -0.660. The summed E-state index contributed by atoms with van der Waals surface area (Å²) in [5, 5.41) is 86.7. The van der Waals surface area contributed by atoms with Gasteiger partial charge in [-0.1, -0.05) is 46.6 Å². The maximum absolute atomic E-state index is 12.6. The second kappa shape index (κ2) is 11.9. The Morgan fingerprint density at radius 2 is 1.67 bits per heavy atom. The predicted octanol–water partition coefficient (Wildman–Crippen LogP) is 0.852. The van der Waals surface area contributed by atoms with Crippen molar-refractivity contribution < 1.29 is 50.3 Å². The summed E-state index contributed by atoms with van der Waals surface area (Å²) in [5.74, 6) is -0.645. The van der Waals surface area contributed by atoms with Crippen LogP contribution in [0.3, 0.4) is 0 Å². The third-order valence-corrected chi connectivity index (χ3v) is 12.3. The van der Waals surface area contributed by atoms with Gasteiger partial charge in [-0.2, -0.15) is 0 Å². The van der Waals surface area contributed by atoms with Gasteiger partial charge < -0.3 is 50.3 Å². The molecule has 10 nitrogen and oxygen atoms in total. The van der Waals surface area contributed by atoms with Gasteiger partial charge in [0.15, 0.2) is 6.29 Å². The number of hydrogen-bond donors (Lipinski definition) is 8. The molecule has 242 valence electrons. The molecule has 0 bridgehead atoms. The lowest BCUT2D eigenvalue weighted by Gasteiger charge is -2.64. The lowest BCUT2D eigenvalue weighted by atomic mass is 9.43. The van der Waals surface area contributed by atoms with Crippen LogP contribution in [0.25, 0.3) is 0 Å². The van der Waals surface area contributed by atoms with E-state index in [0.29, 0.717) is 19.3 Å². The fourth-order valence-electron chi connectivity index (χ4n) is 10.2. The molecule has 0 spiro atoms. The van der Waals surface area contributed by atoms with Crippen molar-refractivity contribution >= 4 is 0 Å². The van der Waals surface area contributed by atoms with Crippen molar-refractivity contribution in [3.05, 3.63) is 11.6 Å². The standard InChI is InChI=1S/C32H54O10/c1-16(14-33)6-5-7-17(2)23-25(37)26(38)28-31(23,4)11-9-22-30(3)10-8-18(12-19(30)20(34)13-32(22,28)40)42-29-27(39)24(36)21(35)15-41-29/h12,16-18,20-29,33-40H,5-11,13-15H2,1-4H3/t16-,17+,18-,20+,21+,22+,23-,24-,25+,26-,27+,28+,29-,30-,31+,32-/m0/s1. The fraction of sp³-hybridized carbons (Fsp3) is 0.938. The van der Waals surface area contributed by atoms with Gasteiger partial charge in [-0.15, -0.1) is 0 Å². The Morgan fingerprint density at radius 1 is 0.952 bits per heavy atom. The van der Waals surface area contributed by atoms with Crippen molar-refractivity contribution in [1.29, 1.82) is 0 Å². The van der Waals surface area contributed by atoms with Gasteiger partial charge in [0.05, 0.1) is 36.6 Å². The highest BCUT2D eigenvalue weighted by atomic mass is 16.7. The van der Waals surface area contributed by atoms with Crippen LogP contribution >= 0.6 is 0 Å². The molecule has 3 saturated carbocycles. The number of hydrogen-bond acceptors (Lipinski definition) is 10. The average molecular weight is 599 g/mol. The van der Waals surface area contributed by atoms with Crippen LogP contribution < -0.4 is 0 Å². The van der Waals surface area contributed by atoms with E-state index in [1.807, 2.05) is 13.0 Å². The number of fused-ring (bicyclic) bond motifs is 5. The van der Waals surface area contributed by atoms with E-state index in [2.05, 4.69) is 20.8 Å². The highest BCUT2D eigenvalue weighted by molar-refractivity contribution is 5.33. The third kappa shape index (κ3) is 5.21. The van der Waals surface area contributed by atoms with Crippen LogP contribution in [-0.4, -0.2) is 109 Å². The number of ether oxygens (including phenoxy) is 2. The van der Waals surface area contributed by atoms with E-state index >= 15 is 0 Å². The van der Waals surface area contributed by atoms with E-state index in [1.54, 1.807) is 0 Å². The van der Waals surface area contributed by atoms with Crippen LogP contribution in [0.15, 0.2) is 11.6 Å². The Kier molecular flexibility index (Phi) is 9.30. The van der Waals surface area contributed by atoms with Gasteiger partial charge in [0.2, 0.25) is 0 Å². The number of aliphatic hydroxyl groups excluding tert-OH is 7. The summed E-state index contributed by atoms with van der Waals surface area (Å²) < 4.78 is 11.4. The quantitative estimate of drug-likeness (QED) is 0.187. The summed E-state index contributed by atoms with van der Waals surface area (Å²) in [5.41, 5.74) is -1.64. The minimum absolute atomic E-state index is 0.0540. The fourth-order valence-corrected chi connectivity index (χ4v) is 10.2. The minimum atomic E-state index is -1.40. The normalized spacial score (nSPS) is 52.1. The van der Waals surface area contributed by atoms with Crippen molar-refractivity contribution in [3.8, 4) is 0 Å². The Bertz CT molecular complexity index is 992. The molecule has 4 aliphatic carbocycles. The van der Waals surface area contributed by atoms with Gasteiger partial charge in [-0.3, -0.25) is 0 Å². The zero-order valence-electron chi connectivity index (χ0n) is 25.5. The molecule has 0 aromatic carbocycles. The van der Waals surface area contributed by atoms with Crippen LogP contribution in [0.1, 0.15) is 79.1 Å². The van der Waals surface area contributed by atoms with E-state index in [0.717, 1.165) is 31.3 Å². The topological polar surface area (TPSA) is 180 Å². The molecule has 0 aromatic rings. The van der Waals surface area contributed by atoms with Crippen molar-refractivity contribution in [3.63, 3.8) is 0 Å². The lowest BCUT2D eigenvalue weighted by Crippen LogP contribution is -2.66. The molecule has 4 fully saturated rings. The molecule has 10 heteroatoms. The second-order valence-electron chi connectivity index (χ2n) is 15.0. The predicted molar refractivity (Wildman–Crippen MR) is 153 cm³/mol. The summed E-state index contributed by atoms with van der Waals surface area (Å²) in [6.45, 7) is 8.32. The van der Waals surface area contributed by atoms with E-state index in [4.69, 9.17) is 9.47 Å². The Balaban J connectivity index is 1.36. The zero-order chi connectivity index (χ0) is 30.8. The SMILES string of the molecule is C[C@H](CO)CCC[C@@H](C)[C@H]1[C@@H](O)[C@H](O)[C@@H]2[C@]1(C)CC[C@H]1[C@@]2(O)C[C@@H](O)C2=C[C@@H](O[C@@H]3OC[C@@H](O)[C@H](O)[C@H]3O)CC[C@@]21C. The van der Waals surface area contributed by atoms with E-state index in [1.165, 1.54) is 0 Å². The van der Waals surface area contributed by atoms with Crippen LogP contribution in [0.5, 0.6) is 0 Å². The van der Waals surface area contributed by atoms with Crippen molar-refractivity contribution in [2.45, 2.75) is 134 Å². The first-order valence-corrected chi connectivity index (χ1v) is 16.1. The molecule has 0 aromatic heterocycles. The molecular weight excluding hydrogens is 544 g/mol. The summed E-state index contributed by atoms with van der Waals surface area (Å²) in [6, 6.07) is 0. The van der Waals surface area contributed by atoms with Crippen LogP contribution in [-0.2, 0) is 9.47 Å². The van der Waals surface area contributed by atoms with Gasteiger partial charge in [-0.05, 0) is 72.2 Å². The van der Waals surface area contributed by atoms with Gasteiger partial charge in [0.25, 0.3) is 0 Å². The molecule has 0 radical (unpaired) electrons.